The second-order valence-corrected chi connectivity index (χ2v) is 5.82. The number of hydrogen-bond donors (Lipinski definition) is 0. The summed E-state index contributed by atoms with van der Waals surface area (Å²) in [4.78, 5) is 0.153. The molecule has 0 bridgehead atoms. The minimum Gasteiger partial charge on any atom is -0.199 e. The molecule has 0 aliphatic heterocycles. The van der Waals surface area contributed by atoms with E-state index in [2.05, 4.69) is 4.40 Å². The third-order valence-electron chi connectivity index (χ3n) is 1.68. The van der Waals surface area contributed by atoms with Crippen molar-refractivity contribution in [3.63, 3.8) is 0 Å². The molecule has 0 radical (unpaired) electrons. The topological polar surface area (TPSA) is 46.5 Å². The van der Waals surface area contributed by atoms with E-state index in [1.807, 2.05) is 6.92 Å². The molecule has 0 aliphatic carbocycles. The van der Waals surface area contributed by atoms with E-state index in [-0.39, 0.29) is 9.40 Å². The summed E-state index contributed by atoms with van der Waals surface area (Å²) in [7, 11) is -3.65. The first-order valence-electron chi connectivity index (χ1n) is 4.07. The van der Waals surface area contributed by atoms with Crippen LogP contribution < -0.4 is 0 Å². The standard InChI is InChI=1S/C9H10ClNO2S2/c1-7-3-5-8(6-4-7)15(12,13)11-9(10)14-2/h3-6H,1-2H3/b11-9+. The molecular formula is C9H10ClNO2S2. The molecule has 0 unspecified atom stereocenters. The first-order valence-corrected chi connectivity index (χ1v) is 7.11. The molecule has 0 atom stereocenters. The Balaban J connectivity index is 3.13. The molecular weight excluding hydrogens is 254 g/mol. The SMILES string of the molecule is CS/C(Cl)=N/S(=O)(=O)c1ccc(C)cc1. The molecule has 3 nitrogen and oxygen atoms in total. The minimum atomic E-state index is -3.65. The number of benzene rings is 1. The molecule has 0 aromatic heterocycles. The van der Waals surface area contributed by atoms with Gasteiger partial charge in [0.05, 0.1) is 4.90 Å². The van der Waals surface area contributed by atoms with Gasteiger partial charge in [0.2, 0.25) is 0 Å². The van der Waals surface area contributed by atoms with Crippen LogP contribution >= 0.6 is 23.4 Å². The van der Waals surface area contributed by atoms with Gasteiger partial charge in [-0.2, -0.15) is 8.42 Å². The molecule has 0 N–H and O–H groups in total. The normalized spacial score (nSPS) is 12.9. The van der Waals surface area contributed by atoms with Crippen LogP contribution in [0.4, 0.5) is 0 Å². The van der Waals surface area contributed by atoms with Crippen LogP contribution in [0.1, 0.15) is 5.56 Å². The van der Waals surface area contributed by atoms with E-state index in [1.54, 1.807) is 18.4 Å². The number of sulfonamides is 1. The molecule has 1 aromatic rings. The van der Waals surface area contributed by atoms with E-state index in [9.17, 15) is 8.42 Å². The van der Waals surface area contributed by atoms with E-state index in [1.165, 1.54) is 12.1 Å². The van der Waals surface area contributed by atoms with Crippen molar-refractivity contribution >= 4 is 37.9 Å². The van der Waals surface area contributed by atoms with E-state index in [0.717, 1.165) is 17.3 Å². The van der Waals surface area contributed by atoms with Gasteiger partial charge in [-0.25, -0.2) is 0 Å². The summed E-state index contributed by atoms with van der Waals surface area (Å²) in [6, 6.07) is 6.46. The van der Waals surface area contributed by atoms with E-state index in [4.69, 9.17) is 11.6 Å². The van der Waals surface area contributed by atoms with Crippen LogP contribution in [0, 0.1) is 6.92 Å². The van der Waals surface area contributed by atoms with Gasteiger partial charge in [0.15, 0.2) is 4.50 Å². The van der Waals surface area contributed by atoms with Gasteiger partial charge < -0.3 is 0 Å². The van der Waals surface area contributed by atoms with Gasteiger partial charge in [-0.3, -0.25) is 0 Å². The van der Waals surface area contributed by atoms with Gasteiger partial charge in [0.1, 0.15) is 0 Å². The van der Waals surface area contributed by atoms with Crippen LogP contribution in [-0.2, 0) is 10.0 Å². The number of nitrogens with zero attached hydrogens (tertiary/aromatic N) is 1. The van der Waals surface area contributed by atoms with Gasteiger partial charge in [0, 0.05) is 0 Å². The Kier molecular flexibility index (Phi) is 4.19. The van der Waals surface area contributed by atoms with Crippen molar-refractivity contribution in [2.45, 2.75) is 11.8 Å². The third-order valence-corrected chi connectivity index (χ3v) is 4.16. The lowest BCUT2D eigenvalue weighted by Gasteiger charge is -1.99. The molecule has 0 heterocycles. The van der Waals surface area contributed by atoms with Crippen molar-refractivity contribution in [3.8, 4) is 0 Å². The maximum atomic E-state index is 11.6. The summed E-state index contributed by atoms with van der Waals surface area (Å²) in [6.45, 7) is 1.88. The molecule has 0 saturated carbocycles. The first kappa shape index (κ1) is 12.5. The van der Waals surface area contributed by atoms with Crippen molar-refractivity contribution in [1.82, 2.24) is 0 Å². The highest BCUT2D eigenvalue weighted by molar-refractivity contribution is 8.16. The fourth-order valence-electron chi connectivity index (χ4n) is 0.895. The Morgan fingerprint density at radius 2 is 1.87 bits per heavy atom. The van der Waals surface area contributed by atoms with Crippen molar-refractivity contribution in [3.05, 3.63) is 29.8 Å². The Morgan fingerprint density at radius 1 is 1.33 bits per heavy atom. The highest BCUT2D eigenvalue weighted by Crippen LogP contribution is 2.16. The molecule has 1 rings (SSSR count). The Morgan fingerprint density at radius 3 is 2.33 bits per heavy atom. The number of halogens is 1. The Labute approximate surface area is 98.6 Å². The molecule has 1 aromatic carbocycles. The highest BCUT2D eigenvalue weighted by Gasteiger charge is 2.12. The summed E-state index contributed by atoms with van der Waals surface area (Å²) in [5, 5.41) is 0. The summed E-state index contributed by atoms with van der Waals surface area (Å²) in [6.07, 6.45) is 1.66. The molecule has 6 heteroatoms. The van der Waals surface area contributed by atoms with Gasteiger partial charge in [0.25, 0.3) is 10.0 Å². The number of aryl methyl sites for hydroxylation is 1. The molecule has 0 aliphatic rings. The van der Waals surface area contributed by atoms with Gasteiger partial charge in [-0.15, -0.1) is 4.40 Å². The summed E-state index contributed by atoms with van der Waals surface area (Å²) in [5.41, 5.74) is 0.994. The number of thioether (sulfide) groups is 1. The second kappa shape index (κ2) is 5.01. The smallest absolute Gasteiger partial charge is 0.199 e. The van der Waals surface area contributed by atoms with Crippen LogP contribution in [-0.4, -0.2) is 19.2 Å². The van der Waals surface area contributed by atoms with Crippen molar-refractivity contribution in [2.24, 2.45) is 4.40 Å². The quantitative estimate of drug-likeness (QED) is 0.609. The van der Waals surface area contributed by atoms with Gasteiger partial charge in [-0.05, 0) is 25.3 Å². The van der Waals surface area contributed by atoms with Gasteiger partial charge >= 0.3 is 0 Å². The molecule has 0 fully saturated rings. The lowest BCUT2D eigenvalue weighted by atomic mass is 10.2. The summed E-state index contributed by atoms with van der Waals surface area (Å²) < 4.78 is 26.7. The van der Waals surface area contributed by atoms with E-state index < -0.39 is 10.0 Å². The Bertz CT molecular complexity index is 465. The van der Waals surface area contributed by atoms with Crippen molar-refractivity contribution in [1.29, 1.82) is 0 Å². The highest BCUT2D eigenvalue weighted by atomic mass is 35.5. The maximum absolute atomic E-state index is 11.6. The lowest BCUT2D eigenvalue weighted by molar-refractivity contribution is 0.598. The largest absolute Gasteiger partial charge is 0.284 e. The molecule has 0 saturated heterocycles. The van der Waals surface area contributed by atoms with E-state index >= 15 is 0 Å². The summed E-state index contributed by atoms with van der Waals surface area (Å²) in [5.74, 6) is 0. The van der Waals surface area contributed by atoms with Gasteiger partial charge in [-0.1, -0.05) is 41.1 Å². The Hall–Kier alpha value is -0.520. The first-order chi connectivity index (χ1) is 6.95. The summed E-state index contributed by atoms with van der Waals surface area (Å²) >= 11 is 6.65. The molecule has 0 spiro atoms. The zero-order chi connectivity index (χ0) is 11.5. The number of hydrogen-bond acceptors (Lipinski definition) is 3. The number of rotatable bonds is 2. The fraction of sp³-hybridized carbons (Fsp3) is 0.222. The third kappa shape index (κ3) is 3.52. The predicted molar refractivity (Wildman–Crippen MR) is 65.2 cm³/mol. The lowest BCUT2D eigenvalue weighted by Crippen LogP contribution is -1.98. The zero-order valence-corrected chi connectivity index (χ0v) is 10.7. The maximum Gasteiger partial charge on any atom is 0.284 e. The van der Waals surface area contributed by atoms with Crippen molar-refractivity contribution < 1.29 is 8.42 Å². The average Bonchev–Trinajstić information content (AvgIpc) is 2.17. The zero-order valence-electron chi connectivity index (χ0n) is 8.27. The molecule has 15 heavy (non-hydrogen) atoms. The monoisotopic (exact) mass is 263 g/mol. The van der Waals surface area contributed by atoms with E-state index in [0.29, 0.717) is 0 Å². The minimum absolute atomic E-state index is 0.00979. The van der Waals surface area contributed by atoms with Crippen LogP contribution in [0.3, 0.4) is 0 Å². The van der Waals surface area contributed by atoms with Crippen LogP contribution in [0.2, 0.25) is 0 Å². The van der Waals surface area contributed by atoms with Crippen molar-refractivity contribution in [2.75, 3.05) is 6.26 Å². The van der Waals surface area contributed by atoms with Crippen LogP contribution in [0.15, 0.2) is 33.6 Å². The molecule has 82 valence electrons. The fourth-order valence-corrected chi connectivity index (χ4v) is 2.53. The predicted octanol–water partition coefficient (Wildman–Crippen LogP) is 2.64. The van der Waals surface area contributed by atoms with Crippen LogP contribution in [0.5, 0.6) is 0 Å². The van der Waals surface area contributed by atoms with Crippen LogP contribution in [0.25, 0.3) is 0 Å². The molecule has 0 amide bonds. The average molecular weight is 264 g/mol. The second-order valence-electron chi connectivity index (χ2n) is 2.84.